The van der Waals surface area contributed by atoms with Crippen LogP contribution in [0, 0.1) is 5.92 Å². The van der Waals surface area contributed by atoms with E-state index in [0.717, 1.165) is 43.6 Å². The number of hydrogen-bond acceptors (Lipinski definition) is 5. The number of aromatic nitrogens is 1. The average Bonchev–Trinajstić information content (AvgIpc) is 3.62. The number of carbonyl (C=O) groups excluding carboxylic acids is 2. The molecule has 3 aliphatic rings. The predicted molar refractivity (Wildman–Crippen MR) is 140 cm³/mol. The van der Waals surface area contributed by atoms with E-state index < -0.39 is 10.0 Å². The molecular formula is C26H37N5O4S. The lowest BCUT2D eigenvalue weighted by Gasteiger charge is -2.37. The maximum atomic E-state index is 13.6. The molecule has 5 rings (SSSR count). The molecule has 1 aliphatic carbocycles. The Kier molecular flexibility index (Phi) is 6.86. The summed E-state index contributed by atoms with van der Waals surface area (Å²) in [6, 6.07) is 8.19. The van der Waals surface area contributed by atoms with Gasteiger partial charge in [-0.25, -0.2) is 8.42 Å². The van der Waals surface area contributed by atoms with E-state index in [1.165, 1.54) is 23.4 Å². The number of rotatable bonds is 6. The molecule has 3 heterocycles. The smallest absolute Gasteiger partial charge is 0.270 e. The Morgan fingerprint density at radius 1 is 0.889 bits per heavy atom. The summed E-state index contributed by atoms with van der Waals surface area (Å²) >= 11 is 0. The highest BCUT2D eigenvalue weighted by atomic mass is 32.2. The number of piperazine rings is 2. The standard InChI is InChI=1S/C26H37N5O4S/c1-19(2)27-8-10-28(11-9-27)25(32)21-6-7-23-22(16-21)17-24(31(23)18-20-4-5-20)26(33)29-12-14-30(15-13-29)36(3,34)35/h6-7,16-17,19-20H,4-5,8-15,18H2,1-3H3. The molecule has 2 amide bonds. The van der Waals surface area contributed by atoms with Gasteiger partial charge in [-0.2, -0.15) is 4.31 Å². The van der Waals surface area contributed by atoms with Gasteiger partial charge in [-0.05, 0) is 56.9 Å². The Balaban J connectivity index is 1.37. The van der Waals surface area contributed by atoms with Crippen LogP contribution in [0.1, 0.15) is 47.5 Å². The highest BCUT2D eigenvalue weighted by molar-refractivity contribution is 7.88. The minimum atomic E-state index is -3.25. The van der Waals surface area contributed by atoms with E-state index in [1.54, 1.807) is 4.90 Å². The average molecular weight is 516 g/mol. The van der Waals surface area contributed by atoms with Gasteiger partial charge in [0, 0.05) is 81.4 Å². The third-order valence-corrected chi connectivity index (χ3v) is 9.13. The van der Waals surface area contributed by atoms with Gasteiger partial charge in [-0.1, -0.05) is 0 Å². The number of sulfonamides is 1. The van der Waals surface area contributed by atoms with Crippen molar-refractivity contribution in [3.63, 3.8) is 0 Å². The van der Waals surface area contributed by atoms with Crippen molar-refractivity contribution >= 4 is 32.7 Å². The number of carbonyl (C=O) groups is 2. The van der Waals surface area contributed by atoms with Gasteiger partial charge in [-0.15, -0.1) is 0 Å². The number of fused-ring (bicyclic) bond motifs is 1. The van der Waals surface area contributed by atoms with Crippen LogP contribution in [0.2, 0.25) is 0 Å². The van der Waals surface area contributed by atoms with Crippen LogP contribution in [0.3, 0.4) is 0 Å². The number of amides is 2. The first-order valence-electron chi connectivity index (χ1n) is 13.0. The second-order valence-corrected chi connectivity index (χ2v) is 12.7. The zero-order valence-electron chi connectivity index (χ0n) is 21.5. The normalized spacial score (nSPS) is 20.4. The SMILES string of the molecule is CC(C)N1CCN(C(=O)c2ccc3c(c2)cc(C(=O)N2CCN(S(C)(=O)=O)CC2)n3CC2CC2)CC1. The van der Waals surface area contributed by atoms with Gasteiger partial charge >= 0.3 is 0 Å². The molecule has 196 valence electrons. The molecular weight excluding hydrogens is 478 g/mol. The van der Waals surface area contributed by atoms with Crippen LogP contribution in [0.15, 0.2) is 24.3 Å². The van der Waals surface area contributed by atoms with Crippen LogP contribution in [-0.4, -0.2) is 108 Å². The summed E-state index contributed by atoms with van der Waals surface area (Å²) in [5, 5.41) is 0.903. The van der Waals surface area contributed by atoms with E-state index in [2.05, 4.69) is 23.3 Å². The molecule has 0 radical (unpaired) electrons. The van der Waals surface area contributed by atoms with Crippen LogP contribution in [0.25, 0.3) is 10.9 Å². The minimum Gasteiger partial charge on any atom is -0.336 e. The van der Waals surface area contributed by atoms with E-state index in [9.17, 15) is 18.0 Å². The topological polar surface area (TPSA) is 86.2 Å². The van der Waals surface area contributed by atoms with E-state index in [0.29, 0.717) is 49.4 Å². The molecule has 2 aromatic rings. The van der Waals surface area contributed by atoms with Gasteiger partial charge in [0.25, 0.3) is 11.8 Å². The summed E-state index contributed by atoms with van der Waals surface area (Å²) in [7, 11) is -3.25. The highest BCUT2D eigenvalue weighted by Crippen LogP contribution is 2.34. The van der Waals surface area contributed by atoms with E-state index in [4.69, 9.17) is 0 Å². The largest absolute Gasteiger partial charge is 0.336 e. The fourth-order valence-corrected chi connectivity index (χ4v) is 6.17. The molecule has 1 aromatic heterocycles. The Bertz CT molecular complexity index is 1250. The molecule has 1 aromatic carbocycles. The predicted octanol–water partition coefficient (Wildman–Crippen LogP) is 1.93. The third kappa shape index (κ3) is 5.17. The van der Waals surface area contributed by atoms with Crippen LogP contribution in [0.5, 0.6) is 0 Å². The molecule has 2 saturated heterocycles. The van der Waals surface area contributed by atoms with Crippen molar-refractivity contribution in [3.8, 4) is 0 Å². The van der Waals surface area contributed by atoms with Crippen molar-refractivity contribution in [2.24, 2.45) is 5.92 Å². The van der Waals surface area contributed by atoms with Crippen molar-refractivity contribution < 1.29 is 18.0 Å². The fraction of sp³-hybridized carbons (Fsp3) is 0.615. The monoisotopic (exact) mass is 515 g/mol. The molecule has 10 heteroatoms. The molecule has 0 spiro atoms. The molecule has 1 saturated carbocycles. The van der Waals surface area contributed by atoms with Gasteiger partial charge in [0.15, 0.2) is 0 Å². The maximum Gasteiger partial charge on any atom is 0.270 e. The van der Waals surface area contributed by atoms with Crippen molar-refractivity contribution in [1.82, 2.24) is 23.6 Å². The molecule has 0 N–H and O–H groups in total. The van der Waals surface area contributed by atoms with Crippen LogP contribution in [0.4, 0.5) is 0 Å². The summed E-state index contributed by atoms with van der Waals surface area (Å²) in [5.41, 5.74) is 2.26. The summed E-state index contributed by atoms with van der Waals surface area (Å²) in [6.07, 6.45) is 3.54. The van der Waals surface area contributed by atoms with Crippen LogP contribution in [-0.2, 0) is 16.6 Å². The Morgan fingerprint density at radius 3 is 2.08 bits per heavy atom. The zero-order chi connectivity index (χ0) is 25.6. The third-order valence-electron chi connectivity index (χ3n) is 7.83. The van der Waals surface area contributed by atoms with E-state index in [1.807, 2.05) is 29.2 Å². The van der Waals surface area contributed by atoms with E-state index in [-0.39, 0.29) is 11.8 Å². The molecule has 2 aliphatic heterocycles. The number of nitrogens with zero attached hydrogens (tertiary/aromatic N) is 5. The van der Waals surface area contributed by atoms with Gasteiger partial charge in [0.2, 0.25) is 10.0 Å². The number of benzene rings is 1. The molecule has 3 fully saturated rings. The van der Waals surface area contributed by atoms with Crippen LogP contribution >= 0.6 is 0 Å². The van der Waals surface area contributed by atoms with Crippen molar-refractivity contribution in [2.45, 2.75) is 39.3 Å². The lowest BCUT2D eigenvalue weighted by atomic mass is 10.1. The lowest BCUT2D eigenvalue weighted by molar-refractivity contribution is 0.0595. The summed E-state index contributed by atoms with van der Waals surface area (Å²) in [4.78, 5) is 32.9. The molecule has 0 bridgehead atoms. The van der Waals surface area contributed by atoms with Crippen molar-refractivity contribution in [3.05, 3.63) is 35.5 Å². The Hall–Kier alpha value is -2.43. The lowest BCUT2D eigenvalue weighted by Crippen LogP contribution is -2.50. The maximum absolute atomic E-state index is 13.6. The first-order chi connectivity index (χ1) is 17.1. The van der Waals surface area contributed by atoms with Crippen molar-refractivity contribution in [1.29, 1.82) is 0 Å². The molecule has 0 unspecified atom stereocenters. The first-order valence-corrected chi connectivity index (χ1v) is 14.9. The fourth-order valence-electron chi connectivity index (χ4n) is 5.35. The van der Waals surface area contributed by atoms with E-state index >= 15 is 0 Å². The minimum absolute atomic E-state index is 0.0417. The first kappa shape index (κ1) is 25.2. The zero-order valence-corrected chi connectivity index (χ0v) is 22.3. The number of hydrogen-bond donors (Lipinski definition) is 0. The van der Waals surface area contributed by atoms with Gasteiger partial charge in [-0.3, -0.25) is 14.5 Å². The van der Waals surface area contributed by atoms with Gasteiger partial charge in [0.1, 0.15) is 5.69 Å². The van der Waals surface area contributed by atoms with Crippen molar-refractivity contribution in [2.75, 3.05) is 58.6 Å². The molecule has 0 atom stereocenters. The van der Waals surface area contributed by atoms with Gasteiger partial charge in [0.05, 0.1) is 6.26 Å². The highest BCUT2D eigenvalue weighted by Gasteiger charge is 2.31. The van der Waals surface area contributed by atoms with Gasteiger partial charge < -0.3 is 14.4 Å². The summed E-state index contributed by atoms with van der Waals surface area (Å²) in [5.74, 6) is 0.547. The summed E-state index contributed by atoms with van der Waals surface area (Å²) < 4.78 is 27.3. The molecule has 9 nitrogen and oxygen atoms in total. The Labute approximate surface area is 213 Å². The Morgan fingerprint density at radius 2 is 1.50 bits per heavy atom. The second-order valence-electron chi connectivity index (χ2n) is 10.7. The summed E-state index contributed by atoms with van der Waals surface area (Å²) in [6.45, 7) is 9.76. The molecule has 36 heavy (non-hydrogen) atoms. The quantitative estimate of drug-likeness (QED) is 0.587. The second kappa shape index (κ2) is 9.79. The van der Waals surface area contributed by atoms with Crippen LogP contribution < -0.4 is 0 Å².